The zero-order valence-electron chi connectivity index (χ0n) is 15.2. The molecule has 0 radical (unpaired) electrons. The zero-order chi connectivity index (χ0) is 17.9. The molecular weight excluding hydrogens is 336 g/mol. The highest BCUT2D eigenvalue weighted by atomic mass is 32.2. The second-order valence-corrected chi connectivity index (χ2v) is 9.58. The van der Waals surface area contributed by atoms with Crippen molar-refractivity contribution in [3.63, 3.8) is 0 Å². The van der Waals surface area contributed by atoms with Crippen LogP contribution in [-0.4, -0.2) is 62.0 Å². The number of likely N-dealkylation sites (tertiary alicyclic amines) is 1. The molecule has 136 valence electrons. The Hall–Kier alpha value is -1.41. The smallest absolute Gasteiger partial charge is 0.279 e. The fourth-order valence-corrected chi connectivity index (χ4v) is 5.42. The molecule has 2 aromatic rings. The third-order valence-electron chi connectivity index (χ3n) is 5.83. The molecule has 0 unspecified atom stereocenters. The van der Waals surface area contributed by atoms with Crippen LogP contribution in [0.5, 0.6) is 0 Å². The quantitative estimate of drug-likeness (QED) is 0.895. The summed E-state index contributed by atoms with van der Waals surface area (Å²) < 4.78 is 30.8. The SMILES string of the molecule is CN1C[C@@H](NS(=O)(=O)N(C)C)C[C@@H]2c3cccc4c3c(cn4C)C[C@@H]21. The summed E-state index contributed by atoms with van der Waals surface area (Å²) in [5.74, 6) is 0.354. The van der Waals surface area contributed by atoms with E-state index in [1.165, 1.54) is 26.3 Å². The van der Waals surface area contributed by atoms with E-state index in [1.54, 1.807) is 14.1 Å². The minimum atomic E-state index is -3.41. The molecule has 1 saturated heterocycles. The van der Waals surface area contributed by atoms with E-state index in [9.17, 15) is 8.42 Å². The Bertz CT molecular complexity index is 919. The largest absolute Gasteiger partial charge is 0.350 e. The highest BCUT2D eigenvalue weighted by Crippen LogP contribution is 2.43. The van der Waals surface area contributed by atoms with Crippen molar-refractivity contribution >= 4 is 21.1 Å². The highest BCUT2D eigenvalue weighted by molar-refractivity contribution is 7.87. The van der Waals surface area contributed by atoms with Crippen LogP contribution in [-0.2, 0) is 23.7 Å². The summed E-state index contributed by atoms with van der Waals surface area (Å²) in [6, 6.07) is 6.87. The van der Waals surface area contributed by atoms with Crippen molar-refractivity contribution in [3.8, 4) is 0 Å². The molecule has 1 aliphatic carbocycles. The number of fused-ring (bicyclic) bond motifs is 2. The topological polar surface area (TPSA) is 57.6 Å². The minimum Gasteiger partial charge on any atom is -0.350 e. The van der Waals surface area contributed by atoms with Crippen molar-refractivity contribution < 1.29 is 8.42 Å². The van der Waals surface area contributed by atoms with E-state index in [4.69, 9.17) is 0 Å². The van der Waals surface area contributed by atoms with Gasteiger partial charge in [-0.15, -0.1) is 0 Å². The average Bonchev–Trinajstić information content (AvgIpc) is 2.86. The molecule has 1 aromatic carbocycles. The van der Waals surface area contributed by atoms with Gasteiger partial charge in [-0.3, -0.25) is 0 Å². The van der Waals surface area contributed by atoms with E-state index in [2.05, 4.69) is 52.7 Å². The predicted octanol–water partition coefficient (Wildman–Crippen LogP) is 1.29. The molecule has 0 bridgehead atoms. The number of hydrogen-bond donors (Lipinski definition) is 1. The maximum atomic E-state index is 12.3. The molecule has 25 heavy (non-hydrogen) atoms. The predicted molar refractivity (Wildman–Crippen MR) is 99.9 cm³/mol. The molecule has 1 aliphatic heterocycles. The second kappa shape index (κ2) is 5.81. The van der Waals surface area contributed by atoms with Crippen LogP contribution in [0.4, 0.5) is 0 Å². The van der Waals surface area contributed by atoms with Crippen LogP contribution in [0.2, 0.25) is 0 Å². The molecule has 7 heteroatoms. The molecule has 1 aromatic heterocycles. The van der Waals surface area contributed by atoms with Crippen LogP contribution < -0.4 is 4.72 Å². The molecule has 4 rings (SSSR count). The average molecular weight is 362 g/mol. The lowest BCUT2D eigenvalue weighted by molar-refractivity contribution is 0.135. The van der Waals surface area contributed by atoms with Gasteiger partial charge in [0.25, 0.3) is 10.2 Å². The first-order valence-electron chi connectivity index (χ1n) is 8.75. The van der Waals surface area contributed by atoms with Gasteiger partial charge in [0.2, 0.25) is 0 Å². The Labute approximate surface area is 149 Å². The molecule has 2 aliphatic rings. The first-order valence-corrected chi connectivity index (χ1v) is 10.2. The third kappa shape index (κ3) is 2.70. The number of nitrogens with zero attached hydrogens (tertiary/aromatic N) is 3. The van der Waals surface area contributed by atoms with Crippen LogP contribution in [0.1, 0.15) is 23.5 Å². The second-order valence-electron chi connectivity index (χ2n) is 7.66. The van der Waals surface area contributed by atoms with Crippen molar-refractivity contribution in [1.29, 1.82) is 0 Å². The number of piperidine rings is 1. The van der Waals surface area contributed by atoms with Crippen LogP contribution in [0.3, 0.4) is 0 Å². The van der Waals surface area contributed by atoms with Crippen LogP contribution in [0.25, 0.3) is 10.9 Å². The van der Waals surface area contributed by atoms with Gasteiger partial charge in [0.1, 0.15) is 0 Å². The van der Waals surface area contributed by atoms with Gasteiger partial charge in [0.15, 0.2) is 0 Å². The fraction of sp³-hybridized carbons (Fsp3) is 0.556. The van der Waals surface area contributed by atoms with Crippen LogP contribution in [0, 0.1) is 0 Å². The van der Waals surface area contributed by atoms with E-state index >= 15 is 0 Å². The minimum absolute atomic E-state index is 0.0702. The van der Waals surface area contributed by atoms with E-state index in [1.807, 2.05) is 0 Å². The maximum Gasteiger partial charge on any atom is 0.279 e. The molecule has 1 N–H and O–H groups in total. The lowest BCUT2D eigenvalue weighted by atomic mass is 9.74. The van der Waals surface area contributed by atoms with Gasteiger partial charge in [-0.2, -0.15) is 17.4 Å². The summed E-state index contributed by atoms with van der Waals surface area (Å²) >= 11 is 0. The Kier molecular flexibility index (Phi) is 3.95. The molecule has 6 nitrogen and oxygen atoms in total. The number of aromatic nitrogens is 1. The number of benzene rings is 1. The van der Waals surface area contributed by atoms with Gasteiger partial charge >= 0.3 is 0 Å². The van der Waals surface area contributed by atoms with Gasteiger partial charge in [-0.25, -0.2) is 0 Å². The Morgan fingerprint density at radius 1 is 1.24 bits per heavy atom. The van der Waals surface area contributed by atoms with E-state index in [0.717, 1.165) is 19.4 Å². The summed E-state index contributed by atoms with van der Waals surface area (Å²) in [6.45, 7) is 0.742. The van der Waals surface area contributed by atoms with Gasteiger partial charge in [0, 0.05) is 62.8 Å². The zero-order valence-corrected chi connectivity index (χ0v) is 16.0. The third-order valence-corrected chi connectivity index (χ3v) is 7.42. The Morgan fingerprint density at radius 2 is 2.00 bits per heavy atom. The molecule has 0 amide bonds. The van der Waals surface area contributed by atoms with Gasteiger partial charge in [-0.1, -0.05) is 12.1 Å². The number of likely N-dealkylation sites (N-methyl/N-ethyl adjacent to an activating group) is 1. The van der Waals surface area contributed by atoms with Gasteiger partial charge < -0.3 is 9.47 Å². The molecule has 2 heterocycles. The number of rotatable bonds is 3. The van der Waals surface area contributed by atoms with Crippen LogP contribution in [0.15, 0.2) is 24.4 Å². The van der Waals surface area contributed by atoms with Crippen molar-refractivity contribution in [1.82, 2.24) is 18.5 Å². The van der Waals surface area contributed by atoms with Crippen molar-refractivity contribution in [3.05, 3.63) is 35.5 Å². The highest BCUT2D eigenvalue weighted by Gasteiger charge is 2.40. The van der Waals surface area contributed by atoms with Crippen molar-refractivity contribution in [2.45, 2.75) is 30.8 Å². The molecule has 1 fully saturated rings. The number of nitrogens with one attached hydrogen (secondary N) is 1. The first kappa shape index (κ1) is 17.0. The molecule has 3 atom stereocenters. The van der Waals surface area contributed by atoms with Gasteiger partial charge in [0.05, 0.1) is 0 Å². The van der Waals surface area contributed by atoms with Crippen LogP contribution >= 0.6 is 0 Å². The fourth-order valence-electron chi connectivity index (χ4n) is 4.62. The lowest BCUT2D eigenvalue weighted by Crippen LogP contribution is -2.56. The van der Waals surface area contributed by atoms with E-state index < -0.39 is 10.2 Å². The normalized spacial score (nSPS) is 27.0. The van der Waals surface area contributed by atoms with Crippen molar-refractivity contribution in [2.24, 2.45) is 7.05 Å². The summed E-state index contributed by atoms with van der Waals surface area (Å²) in [5, 5.41) is 1.37. The standard InChI is InChI=1S/C18H26N4O2S/c1-20(2)25(23,24)19-13-9-15-14-6-5-7-16-18(14)12(10-21(16)3)8-17(15)22(4)11-13/h5-7,10,13,15,17,19H,8-9,11H2,1-4H3/t13-,15+,17-/m0/s1. The van der Waals surface area contributed by atoms with E-state index in [0.29, 0.717) is 12.0 Å². The summed E-state index contributed by atoms with van der Waals surface area (Å²) in [4.78, 5) is 2.33. The first-order chi connectivity index (χ1) is 11.8. The monoisotopic (exact) mass is 362 g/mol. The lowest BCUT2D eigenvalue weighted by Gasteiger charge is -2.45. The summed E-state index contributed by atoms with van der Waals surface area (Å²) in [5.41, 5.74) is 4.04. The summed E-state index contributed by atoms with van der Waals surface area (Å²) in [6.07, 6.45) is 4.12. The Balaban J connectivity index is 1.71. The Morgan fingerprint density at radius 3 is 2.72 bits per heavy atom. The number of aryl methyl sites for hydroxylation is 1. The maximum absolute atomic E-state index is 12.3. The molecular formula is C18H26N4O2S. The molecule has 0 spiro atoms. The van der Waals surface area contributed by atoms with Gasteiger partial charge in [-0.05, 0) is 37.1 Å². The van der Waals surface area contributed by atoms with E-state index in [-0.39, 0.29) is 6.04 Å². The molecule has 0 saturated carbocycles. The summed E-state index contributed by atoms with van der Waals surface area (Å²) in [7, 11) is 3.93. The van der Waals surface area contributed by atoms with Crippen molar-refractivity contribution in [2.75, 3.05) is 27.7 Å². The number of hydrogen-bond acceptors (Lipinski definition) is 3.